The summed E-state index contributed by atoms with van der Waals surface area (Å²) < 4.78 is 1.18. The number of halogens is 2. The Kier molecular flexibility index (Phi) is 7.83. The fourth-order valence-electron chi connectivity index (χ4n) is 4.61. The molecule has 0 radical (unpaired) electrons. The van der Waals surface area contributed by atoms with Gasteiger partial charge in [-0.3, -0.25) is 0 Å². The fourth-order valence-corrected chi connectivity index (χ4v) is 5.16. The van der Waals surface area contributed by atoms with Crippen molar-refractivity contribution in [3.63, 3.8) is 0 Å². The summed E-state index contributed by atoms with van der Waals surface area (Å²) in [6, 6.07) is 17.4. The van der Waals surface area contributed by atoms with Gasteiger partial charge in [-0.15, -0.1) is 0 Å². The second kappa shape index (κ2) is 9.96. The van der Waals surface area contributed by atoms with Crippen LogP contribution in [0, 0.1) is 11.3 Å². The number of hydrogen-bond donors (Lipinski definition) is 1. The minimum Gasteiger partial charge on any atom is -0.308 e. The fraction of sp³-hybridized carbons (Fsp3) is 0.520. The second-order valence-electron chi connectivity index (χ2n) is 9.44. The minimum absolute atomic E-state index is 0.246. The predicted octanol–water partition coefficient (Wildman–Crippen LogP) is 6.73. The Labute approximate surface area is 190 Å². The van der Waals surface area contributed by atoms with Crippen molar-refractivity contribution < 1.29 is 0 Å². The lowest BCUT2D eigenvalue weighted by molar-refractivity contribution is 0.0791. The highest BCUT2D eigenvalue weighted by molar-refractivity contribution is 9.10. The van der Waals surface area contributed by atoms with Crippen LogP contribution < -0.4 is 5.32 Å². The first-order valence-electron chi connectivity index (χ1n) is 10.7. The number of benzene rings is 2. The van der Waals surface area contributed by atoms with E-state index in [1.807, 2.05) is 12.1 Å². The SMILES string of the molecule is CC(C)[C@H](CN1CC[C@H](c2ccc(Cl)cc2)C(C)(C)C1)NCc1ccccc1Br. The maximum atomic E-state index is 6.10. The van der Waals surface area contributed by atoms with Gasteiger partial charge >= 0.3 is 0 Å². The molecule has 1 fully saturated rings. The summed E-state index contributed by atoms with van der Waals surface area (Å²) in [6.07, 6.45) is 1.20. The van der Waals surface area contributed by atoms with Crippen LogP contribution in [0.25, 0.3) is 0 Å². The van der Waals surface area contributed by atoms with Crippen molar-refractivity contribution in [2.24, 2.45) is 11.3 Å². The number of nitrogens with one attached hydrogen (secondary N) is 1. The van der Waals surface area contributed by atoms with Crippen LogP contribution >= 0.6 is 27.5 Å². The average molecular weight is 478 g/mol. The molecule has 4 heteroatoms. The van der Waals surface area contributed by atoms with E-state index in [2.05, 4.69) is 90.2 Å². The Bertz CT molecular complexity index is 788. The molecule has 3 rings (SSSR count). The molecule has 0 aromatic heterocycles. The van der Waals surface area contributed by atoms with Gasteiger partial charge in [0, 0.05) is 35.2 Å². The average Bonchev–Trinajstić information content (AvgIpc) is 2.66. The van der Waals surface area contributed by atoms with Crippen LogP contribution in [-0.4, -0.2) is 30.6 Å². The van der Waals surface area contributed by atoms with Crippen molar-refractivity contribution in [3.05, 3.63) is 69.2 Å². The highest BCUT2D eigenvalue weighted by atomic mass is 79.9. The molecule has 1 heterocycles. The molecule has 0 spiro atoms. The first-order chi connectivity index (χ1) is 13.8. The van der Waals surface area contributed by atoms with E-state index in [4.69, 9.17) is 11.6 Å². The molecule has 29 heavy (non-hydrogen) atoms. The van der Waals surface area contributed by atoms with Gasteiger partial charge < -0.3 is 10.2 Å². The number of rotatable bonds is 7. The molecule has 0 amide bonds. The third-order valence-corrected chi connectivity index (χ3v) is 7.38. The van der Waals surface area contributed by atoms with Crippen LogP contribution in [0.2, 0.25) is 5.02 Å². The molecule has 0 bridgehead atoms. The molecule has 1 N–H and O–H groups in total. The zero-order valence-electron chi connectivity index (χ0n) is 18.1. The Morgan fingerprint density at radius 1 is 1.14 bits per heavy atom. The standard InChI is InChI=1S/C25H34BrClN2/c1-18(2)24(28-15-20-7-5-6-8-23(20)26)16-29-14-13-22(25(3,4)17-29)19-9-11-21(27)12-10-19/h5-12,18,22,24,28H,13-17H2,1-4H3/t22-,24+/m1/s1. The maximum absolute atomic E-state index is 6.10. The van der Waals surface area contributed by atoms with Crippen molar-refractivity contribution in [1.82, 2.24) is 10.2 Å². The monoisotopic (exact) mass is 476 g/mol. The predicted molar refractivity (Wildman–Crippen MR) is 129 cm³/mol. The van der Waals surface area contributed by atoms with Gasteiger partial charge in [0.2, 0.25) is 0 Å². The van der Waals surface area contributed by atoms with Gasteiger partial charge in [-0.2, -0.15) is 0 Å². The lowest BCUT2D eigenvalue weighted by Gasteiger charge is -2.46. The largest absolute Gasteiger partial charge is 0.308 e. The third kappa shape index (κ3) is 6.07. The molecule has 158 valence electrons. The number of hydrogen-bond acceptors (Lipinski definition) is 2. The molecule has 1 aliphatic rings. The first kappa shape index (κ1) is 22.8. The third-order valence-electron chi connectivity index (χ3n) is 6.35. The molecule has 1 aliphatic heterocycles. The number of nitrogens with zero attached hydrogens (tertiary/aromatic N) is 1. The Balaban J connectivity index is 1.61. The van der Waals surface area contributed by atoms with Gasteiger partial charge in [0.25, 0.3) is 0 Å². The van der Waals surface area contributed by atoms with E-state index in [0.717, 1.165) is 31.2 Å². The molecule has 2 nitrogen and oxygen atoms in total. The van der Waals surface area contributed by atoms with Gasteiger partial charge in [0.05, 0.1) is 0 Å². The van der Waals surface area contributed by atoms with E-state index in [1.165, 1.54) is 22.0 Å². The zero-order chi connectivity index (χ0) is 21.0. The normalized spacial score (nSPS) is 20.7. The highest BCUT2D eigenvalue weighted by Crippen LogP contribution is 2.42. The molecule has 0 aliphatic carbocycles. The summed E-state index contributed by atoms with van der Waals surface area (Å²) in [5, 5.41) is 4.63. The quantitative estimate of drug-likeness (QED) is 0.475. The smallest absolute Gasteiger partial charge is 0.0406 e. The molecule has 1 saturated heterocycles. The Hall–Kier alpha value is -0.870. The molecule has 2 aromatic rings. The van der Waals surface area contributed by atoms with E-state index >= 15 is 0 Å². The number of piperidine rings is 1. The van der Waals surface area contributed by atoms with Crippen LogP contribution in [0.4, 0.5) is 0 Å². The zero-order valence-corrected chi connectivity index (χ0v) is 20.4. The van der Waals surface area contributed by atoms with E-state index in [0.29, 0.717) is 17.9 Å². The van der Waals surface area contributed by atoms with Crippen LogP contribution in [0.15, 0.2) is 53.0 Å². The Morgan fingerprint density at radius 2 is 1.83 bits per heavy atom. The topological polar surface area (TPSA) is 15.3 Å². The maximum Gasteiger partial charge on any atom is 0.0406 e. The second-order valence-corrected chi connectivity index (χ2v) is 10.7. The summed E-state index contributed by atoms with van der Waals surface area (Å²) >= 11 is 9.77. The van der Waals surface area contributed by atoms with Gasteiger partial charge in [0.1, 0.15) is 0 Å². The molecule has 0 saturated carbocycles. The highest BCUT2D eigenvalue weighted by Gasteiger charge is 2.37. The van der Waals surface area contributed by atoms with Gasteiger partial charge in [-0.25, -0.2) is 0 Å². The molecular formula is C25H34BrClN2. The van der Waals surface area contributed by atoms with Crippen LogP contribution in [0.3, 0.4) is 0 Å². The molecule has 2 atom stereocenters. The lowest BCUT2D eigenvalue weighted by atomic mass is 9.70. The molecule has 0 unspecified atom stereocenters. The summed E-state index contributed by atoms with van der Waals surface area (Å²) in [7, 11) is 0. The summed E-state index contributed by atoms with van der Waals surface area (Å²) in [5.41, 5.74) is 2.99. The van der Waals surface area contributed by atoms with E-state index in [-0.39, 0.29) is 5.41 Å². The van der Waals surface area contributed by atoms with E-state index in [9.17, 15) is 0 Å². The summed E-state index contributed by atoms with van der Waals surface area (Å²) in [4.78, 5) is 2.66. The molecule has 2 aromatic carbocycles. The van der Waals surface area contributed by atoms with E-state index < -0.39 is 0 Å². The van der Waals surface area contributed by atoms with Crippen LogP contribution in [0.5, 0.6) is 0 Å². The van der Waals surface area contributed by atoms with Crippen LogP contribution in [-0.2, 0) is 6.54 Å². The van der Waals surface area contributed by atoms with Crippen molar-refractivity contribution in [2.45, 2.75) is 52.6 Å². The lowest BCUT2D eigenvalue weighted by Crippen LogP contribution is -2.51. The first-order valence-corrected chi connectivity index (χ1v) is 11.9. The van der Waals surface area contributed by atoms with Gasteiger partial charge in [-0.1, -0.05) is 85.6 Å². The van der Waals surface area contributed by atoms with Crippen molar-refractivity contribution in [1.29, 1.82) is 0 Å². The number of likely N-dealkylation sites (tertiary alicyclic amines) is 1. The Morgan fingerprint density at radius 3 is 2.45 bits per heavy atom. The van der Waals surface area contributed by atoms with E-state index in [1.54, 1.807) is 0 Å². The minimum atomic E-state index is 0.246. The van der Waals surface area contributed by atoms with Gasteiger partial charge in [-0.05, 0) is 59.5 Å². The van der Waals surface area contributed by atoms with Crippen molar-refractivity contribution >= 4 is 27.5 Å². The van der Waals surface area contributed by atoms with Crippen molar-refractivity contribution in [2.75, 3.05) is 19.6 Å². The van der Waals surface area contributed by atoms with Crippen molar-refractivity contribution in [3.8, 4) is 0 Å². The molecular weight excluding hydrogens is 444 g/mol. The van der Waals surface area contributed by atoms with Crippen LogP contribution in [0.1, 0.15) is 51.2 Å². The summed E-state index contributed by atoms with van der Waals surface area (Å²) in [5.74, 6) is 1.18. The van der Waals surface area contributed by atoms with Gasteiger partial charge in [0.15, 0.2) is 0 Å². The summed E-state index contributed by atoms with van der Waals surface area (Å²) in [6.45, 7) is 13.7.